The van der Waals surface area contributed by atoms with Gasteiger partial charge < -0.3 is 19.1 Å². The van der Waals surface area contributed by atoms with Crippen molar-refractivity contribution in [2.75, 3.05) is 13.7 Å². The Balaban J connectivity index is 1.66. The van der Waals surface area contributed by atoms with Gasteiger partial charge in [-0.3, -0.25) is 4.79 Å². The molecule has 1 atom stereocenters. The number of hydrogen-bond acceptors (Lipinski definition) is 5. The molecule has 9 heteroatoms. The van der Waals surface area contributed by atoms with Gasteiger partial charge in [-0.2, -0.15) is 4.72 Å². The number of carbonyl (C=O) groups is 1. The molecule has 0 fully saturated rings. The lowest BCUT2D eigenvalue weighted by Gasteiger charge is -2.16. The first-order chi connectivity index (χ1) is 19.1. The lowest BCUT2D eigenvalue weighted by Crippen LogP contribution is -2.42. The summed E-state index contributed by atoms with van der Waals surface area (Å²) in [5, 5.41) is 10.9. The molecule has 0 spiro atoms. The lowest BCUT2D eigenvalue weighted by atomic mass is 10.0. The first-order valence-corrected chi connectivity index (χ1v) is 14.2. The first kappa shape index (κ1) is 28.7. The van der Waals surface area contributed by atoms with Crippen molar-refractivity contribution in [3.63, 3.8) is 0 Å². The molecule has 4 rings (SSSR count). The van der Waals surface area contributed by atoms with Crippen molar-refractivity contribution in [2.24, 2.45) is 0 Å². The predicted molar refractivity (Wildman–Crippen MR) is 154 cm³/mol. The van der Waals surface area contributed by atoms with Crippen LogP contribution >= 0.6 is 0 Å². The molecule has 0 aliphatic rings. The van der Waals surface area contributed by atoms with Gasteiger partial charge in [-0.05, 0) is 74.4 Å². The number of fused-ring (bicyclic) bond motifs is 1. The number of aryl methyl sites for hydroxylation is 1. The molecule has 0 aliphatic carbocycles. The van der Waals surface area contributed by atoms with E-state index in [1.807, 2.05) is 44.2 Å². The highest BCUT2D eigenvalue weighted by Crippen LogP contribution is 2.31. The third-order valence-corrected chi connectivity index (χ3v) is 8.24. The molecule has 0 amide bonds. The van der Waals surface area contributed by atoms with E-state index < -0.39 is 22.0 Å². The van der Waals surface area contributed by atoms with Crippen LogP contribution in [0.2, 0.25) is 0 Å². The van der Waals surface area contributed by atoms with Crippen LogP contribution in [-0.2, 0) is 27.8 Å². The highest BCUT2D eigenvalue weighted by molar-refractivity contribution is 7.89. The topological polar surface area (TPSA) is 107 Å². The van der Waals surface area contributed by atoms with Gasteiger partial charge >= 0.3 is 5.97 Å². The molecule has 0 saturated heterocycles. The number of ether oxygens (including phenoxy) is 2. The van der Waals surface area contributed by atoms with Crippen LogP contribution in [0.15, 0.2) is 71.6 Å². The van der Waals surface area contributed by atoms with Crippen LogP contribution in [0.3, 0.4) is 0 Å². The predicted octanol–water partition coefficient (Wildman–Crippen LogP) is 4.69. The summed E-state index contributed by atoms with van der Waals surface area (Å²) in [4.78, 5) is 12.3. The number of nitrogens with zero attached hydrogens (tertiary/aromatic N) is 1. The van der Waals surface area contributed by atoms with E-state index >= 15 is 0 Å². The molecule has 40 heavy (non-hydrogen) atoms. The van der Waals surface area contributed by atoms with Crippen molar-refractivity contribution in [3.8, 4) is 23.3 Å². The van der Waals surface area contributed by atoms with Crippen molar-refractivity contribution in [1.82, 2.24) is 9.29 Å². The minimum absolute atomic E-state index is 0.0537. The lowest BCUT2D eigenvalue weighted by molar-refractivity contribution is -0.138. The Morgan fingerprint density at radius 2 is 1.70 bits per heavy atom. The summed E-state index contributed by atoms with van der Waals surface area (Å²) >= 11 is 0. The Morgan fingerprint density at radius 1 is 1.02 bits per heavy atom. The second kappa shape index (κ2) is 12.3. The smallest absolute Gasteiger partial charge is 0.322 e. The summed E-state index contributed by atoms with van der Waals surface area (Å²) < 4.78 is 41.7. The Morgan fingerprint density at radius 3 is 2.33 bits per heavy atom. The zero-order valence-corrected chi connectivity index (χ0v) is 23.7. The maximum Gasteiger partial charge on any atom is 0.322 e. The highest BCUT2D eigenvalue weighted by atomic mass is 32.2. The monoisotopic (exact) mass is 560 g/mol. The molecule has 1 unspecified atom stereocenters. The summed E-state index contributed by atoms with van der Waals surface area (Å²) in [6.45, 7) is 6.41. The van der Waals surface area contributed by atoms with Crippen LogP contribution in [0.1, 0.15) is 29.3 Å². The number of carboxylic acid groups (broad SMARTS) is 1. The standard InChI is InChI=1S/C31H32N2O6S/c1-5-6-17-39-24-11-14-26(15-12-24)40(36,37)32-29(31(34)35)19-27-22(3)33(20-23-9-7-21(2)8-10-23)30-16-13-25(38-4)18-28(27)30/h7-16,18,29,32H,17,19-20H2,1-4H3,(H,34,35). The third kappa shape index (κ3) is 6.47. The number of aromatic nitrogens is 1. The Kier molecular flexibility index (Phi) is 8.83. The van der Waals surface area contributed by atoms with Gasteiger partial charge in [-0.25, -0.2) is 8.42 Å². The Bertz CT molecular complexity index is 1680. The van der Waals surface area contributed by atoms with E-state index in [9.17, 15) is 18.3 Å². The first-order valence-electron chi connectivity index (χ1n) is 12.7. The average Bonchev–Trinajstić information content (AvgIpc) is 3.19. The van der Waals surface area contributed by atoms with E-state index in [1.165, 1.54) is 24.3 Å². The maximum atomic E-state index is 13.2. The van der Waals surface area contributed by atoms with Crippen LogP contribution in [0.25, 0.3) is 10.9 Å². The van der Waals surface area contributed by atoms with E-state index in [4.69, 9.17) is 9.47 Å². The van der Waals surface area contributed by atoms with Gasteiger partial charge in [0, 0.05) is 29.6 Å². The van der Waals surface area contributed by atoms with E-state index in [2.05, 4.69) is 33.3 Å². The number of carboxylic acids is 1. The number of benzene rings is 3. The number of sulfonamides is 1. The zero-order valence-electron chi connectivity index (χ0n) is 22.9. The molecular formula is C31H32N2O6S. The molecule has 1 heterocycles. The van der Waals surface area contributed by atoms with Crippen molar-refractivity contribution in [1.29, 1.82) is 0 Å². The Labute approximate surface area is 234 Å². The van der Waals surface area contributed by atoms with E-state index in [0.29, 0.717) is 18.0 Å². The zero-order chi connectivity index (χ0) is 28.9. The van der Waals surface area contributed by atoms with Gasteiger partial charge in [-0.1, -0.05) is 35.7 Å². The minimum Gasteiger partial charge on any atom is -0.497 e. The van der Waals surface area contributed by atoms with Crippen LogP contribution in [-0.4, -0.2) is 43.8 Å². The van der Waals surface area contributed by atoms with Crippen molar-refractivity contribution < 1.29 is 27.8 Å². The quantitative estimate of drug-likeness (QED) is 0.258. The molecule has 3 aromatic carbocycles. The summed E-state index contributed by atoms with van der Waals surface area (Å²) in [6.07, 6.45) is -0.0537. The molecular weight excluding hydrogens is 528 g/mol. The fourth-order valence-corrected chi connectivity index (χ4v) is 5.73. The van der Waals surface area contributed by atoms with E-state index in [0.717, 1.165) is 33.3 Å². The Hall–Kier alpha value is -4.26. The third-order valence-electron chi connectivity index (χ3n) is 6.75. The van der Waals surface area contributed by atoms with Gasteiger partial charge in [0.15, 0.2) is 0 Å². The minimum atomic E-state index is -4.14. The van der Waals surface area contributed by atoms with Gasteiger partial charge in [0.2, 0.25) is 10.0 Å². The molecule has 0 radical (unpaired) electrons. The van der Waals surface area contributed by atoms with Gasteiger partial charge in [-0.15, -0.1) is 5.92 Å². The van der Waals surface area contributed by atoms with Crippen molar-refractivity contribution in [2.45, 2.75) is 44.7 Å². The molecule has 208 valence electrons. The van der Waals surface area contributed by atoms with Gasteiger partial charge in [0.05, 0.1) is 12.0 Å². The van der Waals surface area contributed by atoms with Crippen LogP contribution in [0.5, 0.6) is 11.5 Å². The highest BCUT2D eigenvalue weighted by Gasteiger charge is 2.28. The van der Waals surface area contributed by atoms with Crippen LogP contribution < -0.4 is 14.2 Å². The number of nitrogens with one attached hydrogen (secondary N) is 1. The van der Waals surface area contributed by atoms with Crippen LogP contribution in [0, 0.1) is 25.7 Å². The second-order valence-corrected chi connectivity index (χ2v) is 11.1. The number of aliphatic carboxylic acids is 1. The number of hydrogen-bond donors (Lipinski definition) is 2. The van der Waals surface area contributed by atoms with Crippen molar-refractivity contribution >= 4 is 26.9 Å². The number of rotatable bonds is 11. The van der Waals surface area contributed by atoms with Gasteiger partial charge in [0.1, 0.15) is 24.1 Å². The fraction of sp³-hybridized carbons (Fsp3) is 0.258. The maximum absolute atomic E-state index is 13.2. The summed E-state index contributed by atoms with van der Waals surface area (Å²) in [6, 6.07) is 18.2. The number of methoxy groups -OCH3 is 1. The molecule has 8 nitrogen and oxygen atoms in total. The molecule has 0 bridgehead atoms. The molecule has 2 N–H and O–H groups in total. The van der Waals surface area contributed by atoms with Crippen LogP contribution in [0.4, 0.5) is 0 Å². The van der Waals surface area contributed by atoms with Gasteiger partial charge in [0.25, 0.3) is 0 Å². The fourth-order valence-electron chi connectivity index (χ4n) is 4.54. The summed E-state index contributed by atoms with van der Waals surface area (Å²) in [5.41, 5.74) is 4.75. The molecule has 4 aromatic rings. The molecule has 1 aromatic heterocycles. The SMILES string of the molecule is CC#CCOc1ccc(S(=O)(=O)NC(Cc2c(C)n(Cc3ccc(C)cc3)c3ccc(OC)cc23)C(=O)O)cc1. The second-order valence-electron chi connectivity index (χ2n) is 9.42. The normalized spacial score (nSPS) is 12.0. The largest absolute Gasteiger partial charge is 0.497 e. The summed E-state index contributed by atoms with van der Waals surface area (Å²) in [7, 11) is -2.57. The average molecular weight is 561 g/mol. The van der Waals surface area contributed by atoms with Crippen molar-refractivity contribution in [3.05, 3.63) is 89.1 Å². The van der Waals surface area contributed by atoms with E-state index in [1.54, 1.807) is 14.0 Å². The molecule has 0 aliphatic heterocycles. The summed E-state index contributed by atoms with van der Waals surface area (Å²) in [5.74, 6) is 5.30. The molecule has 0 saturated carbocycles. The van der Waals surface area contributed by atoms with E-state index in [-0.39, 0.29) is 17.9 Å².